The highest BCUT2D eigenvalue weighted by atomic mass is 16.5. The molecule has 0 saturated carbocycles. The molecule has 0 heterocycles. The maximum atomic E-state index is 12.5. The van der Waals surface area contributed by atoms with E-state index in [2.05, 4.69) is 86.8 Å². The standard InChI is InChI=1S/C38H62O4/c1-3-5-7-9-10-11-12-13-14-15-16-17-18-19-20-21-22-27-31-35-38(41)42-36(32-28-24-8-6-4-2)33-29-25-23-26-30-34-37(39)40/h5,7,10-11,13-14,16-17,19-20,22,27,36H,3-4,6,8-9,12,15,18,21,23-26,28-35H2,1-2H3,(H,39,40)/b7-5-,11-10-,14-13-,17-16-,20-19-,27-22-. The molecule has 0 aromatic carbocycles. The van der Waals surface area contributed by atoms with E-state index < -0.39 is 5.97 Å². The molecular weight excluding hydrogens is 520 g/mol. The van der Waals surface area contributed by atoms with Crippen molar-refractivity contribution in [1.29, 1.82) is 0 Å². The minimum Gasteiger partial charge on any atom is -0.481 e. The zero-order valence-electron chi connectivity index (χ0n) is 27.0. The normalized spacial score (nSPS) is 13.2. The molecule has 1 unspecified atom stereocenters. The fourth-order valence-electron chi connectivity index (χ4n) is 4.50. The van der Waals surface area contributed by atoms with Gasteiger partial charge < -0.3 is 9.84 Å². The van der Waals surface area contributed by atoms with Crippen LogP contribution < -0.4 is 0 Å². The molecule has 0 aliphatic carbocycles. The highest BCUT2D eigenvalue weighted by Gasteiger charge is 2.14. The molecule has 0 aliphatic rings. The number of allylic oxidation sites excluding steroid dienone is 12. The molecule has 0 fully saturated rings. The van der Waals surface area contributed by atoms with Crippen molar-refractivity contribution < 1.29 is 19.4 Å². The number of carboxylic acid groups (broad SMARTS) is 1. The first kappa shape index (κ1) is 39.4. The molecule has 4 heteroatoms. The van der Waals surface area contributed by atoms with E-state index >= 15 is 0 Å². The summed E-state index contributed by atoms with van der Waals surface area (Å²) in [6.07, 6.45) is 46.4. The van der Waals surface area contributed by atoms with Gasteiger partial charge in [-0.25, -0.2) is 0 Å². The second-order valence-electron chi connectivity index (χ2n) is 11.0. The van der Waals surface area contributed by atoms with Gasteiger partial charge in [0.2, 0.25) is 0 Å². The topological polar surface area (TPSA) is 63.6 Å². The number of unbranched alkanes of at least 4 members (excludes halogenated alkanes) is 8. The first-order valence-electron chi connectivity index (χ1n) is 16.9. The Bertz CT molecular complexity index is 800. The van der Waals surface area contributed by atoms with Crippen molar-refractivity contribution in [1.82, 2.24) is 0 Å². The molecule has 1 atom stereocenters. The van der Waals surface area contributed by atoms with Gasteiger partial charge in [-0.1, -0.05) is 132 Å². The molecular formula is C38H62O4. The van der Waals surface area contributed by atoms with E-state index in [9.17, 15) is 9.59 Å². The Balaban J connectivity index is 4.06. The van der Waals surface area contributed by atoms with Gasteiger partial charge in [-0.05, 0) is 77.0 Å². The lowest BCUT2D eigenvalue weighted by Crippen LogP contribution is -2.18. The Hall–Kier alpha value is -2.62. The van der Waals surface area contributed by atoms with Gasteiger partial charge in [-0.15, -0.1) is 0 Å². The minimum absolute atomic E-state index is 0.0171. The molecule has 0 aliphatic heterocycles. The third kappa shape index (κ3) is 31.9. The van der Waals surface area contributed by atoms with Crippen LogP contribution in [0, 0.1) is 0 Å². The van der Waals surface area contributed by atoms with Crippen molar-refractivity contribution in [2.24, 2.45) is 0 Å². The number of carbonyl (C=O) groups is 2. The van der Waals surface area contributed by atoms with E-state index in [1.54, 1.807) is 0 Å². The molecule has 0 aromatic heterocycles. The van der Waals surface area contributed by atoms with Crippen LogP contribution in [-0.2, 0) is 14.3 Å². The van der Waals surface area contributed by atoms with Gasteiger partial charge in [0.15, 0.2) is 0 Å². The van der Waals surface area contributed by atoms with Crippen LogP contribution in [0.5, 0.6) is 0 Å². The summed E-state index contributed by atoms with van der Waals surface area (Å²) in [5.41, 5.74) is 0. The van der Waals surface area contributed by atoms with E-state index in [4.69, 9.17) is 9.84 Å². The number of aliphatic carboxylic acids is 1. The summed E-state index contributed by atoms with van der Waals surface area (Å²) >= 11 is 0. The summed E-state index contributed by atoms with van der Waals surface area (Å²) in [6.45, 7) is 4.37. The molecule has 4 nitrogen and oxygen atoms in total. The number of carbonyl (C=O) groups excluding carboxylic acids is 1. The van der Waals surface area contributed by atoms with Gasteiger partial charge in [-0.2, -0.15) is 0 Å². The first-order valence-corrected chi connectivity index (χ1v) is 16.9. The number of esters is 1. The Morgan fingerprint density at radius 3 is 1.45 bits per heavy atom. The summed E-state index contributed by atoms with van der Waals surface area (Å²) in [4.78, 5) is 23.1. The molecule has 0 rings (SSSR count). The van der Waals surface area contributed by atoms with Crippen LogP contribution in [0.25, 0.3) is 0 Å². The molecule has 42 heavy (non-hydrogen) atoms. The quantitative estimate of drug-likeness (QED) is 0.0541. The molecule has 238 valence electrons. The molecule has 0 spiro atoms. The van der Waals surface area contributed by atoms with E-state index in [0.29, 0.717) is 6.42 Å². The van der Waals surface area contributed by atoms with Crippen molar-refractivity contribution >= 4 is 11.9 Å². The maximum absolute atomic E-state index is 12.5. The highest BCUT2D eigenvalue weighted by Crippen LogP contribution is 2.17. The zero-order chi connectivity index (χ0) is 30.8. The fourth-order valence-corrected chi connectivity index (χ4v) is 4.50. The number of rotatable bonds is 29. The van der Waals surface area contributed by atoms with Gasteiger partial charge >= 0.3 is 11.9 Å². The summed E-state index contributed by atoms with van der Waals surface area (Å²) in [5.74, 6) is -0.802. The lowest BCUT2D eigenvalue weighted by atomic mass is 10.0. The van der Waals surface area contributed by atoms with E-state index in [1.165, 1.54) is 25.7 Å². The Morgan fingerprint density at radius 1 is 0.548 bits per heavy atom. The fraction of sp³-hybridized carbons (Fsp3) is 0.632. The van der Waals surface area contributed by atoms with E-state index in [0.717, 1.165) is 96.3 Å². The molecule has 0 saturated heterocycles. The van der Waals surface area contributed by atoms with Crippen molar-refractivity contribution in [3.63, 3.8) is 0 Å². The number of hydrogen-bond donors (Lipinski definition) is 1. The average Bonchev–Trinajstić information content (AvgIpc) is 2.97. The lowest BCUT2D eigenvalue weighted by molar-refractivity contribution is -0.149. The highest BCUT2D eigenvalue weighted by molar-refractivity contribution is 5.69. The summed E-state index contributed by atoms with van der Waals surface area (Å²) in [6, 6.07) is 0. The summed E-state index contributed by atoms with van der Waals surface area (Å²) in [7, 11) is 0. The maximum Gasteiger partial charge on any atom is 0.306 e. The third-order valence-corrected chi connectivity index (χ3v) is 6.96. The predicted octanol–water partition coefficient (Wildman–Crippen LogP) is 11.6. The Kier molecular flexibility index (Phi) is 30.8. The second kappa shape index (κ2) is 32.9. The van der Waals surface area contributed by atoms with Gasteiger partial charge in [0, 0.05) is 12.8 Å². The van der Waals surface area contributed by atoms with Gasteiger partial charge in [0.05, 0.1) is 0 Å². The van der Waals surface area contributed by atoms with E-state index in [-0.39, 0.29) is 18.5 Å². The summed E-state index contributed by atoms with van der Waals surface area (Å²) in [5, 5.41) is 8.75. The third-order valence-electron chi connectivity index (χ3n) is 6.96. The Labute approximate surface area is 258 Å². The first-order chi connectivity index (χ1) is 20.6. The van der Waals surface area contributed by atoms with Crippen molar-refractivity contribution in [3.8, 4) is 0 Å². The van der Waals surface area contributed by atoms with Crippen LogP contribution >= 0.6 is 0 Å². The second-order valence-corrected chi connectivity index (χ2v) is 11.0. The smallest absolute Gasteiger partial charge is 0.306 e. The van der Waals surface area contributed by atoms with Gasteiger partial charge in [0.25, 0.3) is 0 Å². The zero-order valence-corrected chi connectivity index (χ0v) is 27.0. The molecule has 1 N–H and O–H groups in total. The van der Waals surface area contributed by atoms with Crippen LogP contribution in [-0.4, -0.2) is 23.1 Å². The van der Waals surface area contributed by atoms with Crippen LogP contribution in [0.15, 0.2) is 72.9 Å². The molecule has 0 bridgehead atoms. The SMILES string of the molecule is CC/C=C\C/C=C\C/C=C\C/C=C\C/C=C\C/C=C\CCC(=O)OC(CCCCCCC)CCCCCCCC(=O)O. The van der Waals surface area contributed by atoms with Crippen molar-refractivity contribution in [3.05, 3.63) is 72.9 Å². The molecule has 0 aromatic rings. The van der Waals surface area contributed by atoms with Crippen molar-refractivity contribution in [2.75, 3.05) is 0 Å². The van der Waals surface area contributed by atoms with Crippen LogP contribution in [0.3, 0.4) is 0 Å². The van der Waals surface area contributed by atoms with Crippen LogP contribution in [0.4, 0.5) is 0 Å². The molecule has 0 amide bonds. The average molecular weight is 583 g/mol. The predicted molar refractivity (Wildman–Crippen MR) is 181 cm³/mol. The summed E-state index contributed by atoms with van der Waals surface area (Å²) < 4.78 is 5.87. The lowest BCUT2D eigenvalue weighted by Gasteiger charge is -2.18. The largest absolute Gasteiger partial charge is 0.481 e. The minimum atomic E-state index is -0.714. The van der Waals surface area contributed by atoms with Crippen molar-refractivity contribution in [2.45, 2.75) is 155 Å². The van der Waals surface area contributed by atoms with Gasteiger partial charge in [0.1, 0.15) is 6.10 Å². The molecule has 0 radical (unpaired) electrons. The monoisotopic (exact) mass is 582 g/mol. The van der Waals surface area contributed by atoms with Crippen LogP contribution in [0.2, 0.25) is 0 Å². The number of carboxylic acids is 1. The van der Waals surface area contributed by atoms with Crippen LogP contribution in [0.1, 0.15) is 149 Å². The number of hydrogen-bond acceptors (Lipinski definition) is 3. The number of ether oxygens (including phenoxy) is 1. The van der Waals surface area contributed by atoms with Gasteiger partial charge in [-0.3, -0.25) is 9.59 Å². The Morgan fingerprint density at radius 2 is 0.976 bits per heavy atom. The van der Waals surface area contributed by atoms with E-state index in [1.807, 2.05) is 0 Å².